The smallest absolute Gasteiger partial charge is 0.336 e. The lowest BCUT2D eigenvalue weighted by molar-refractivity contribution is -0.139. The molecule has 2 aromatic carbocycles. The molecule has 4 rings (SSSR count). The van der Waals surface area contributed by atoms with Crippen molar-refractivity contribution in [3.63, 3.8) is 0 Å². The van der Waals surface area contributed by atoms with Crippen LogP contribution in [-0.2, 0) is 14.3 Å². The lowest BCUT2D eigenvalue weighted by Crippen LogP contribution is -2.54. The molecule has 0 amide bonds. The maximum absolute atomic E-state index is 13.4. The van der Waals surface area contributed by atoms with Gasteiger partial charge in [0.1, 0.15) is 5.78 Å². The highest BCUT2D eigenvalue weighted by Gasteiger charge is 2.50. The molecule has 4 heteroatoms. The second kappa shape index (κ2) is 7.33. The number of Topliss-reactive ketones (excluding diaryl/α,β-unsaturated/α-hetero) is 1. The third kappa shape index (κ3) is 3.45. The Bertz CT molecular complexity index is 999. The van der Waals surface area contributed by atoms with Crippen LogP contribution in [0.2, 0.25) is 0 Å². The molecule has 3 atom stereocenters. The number of nitrogens with one attached hydrogen (secondary N) is 1. The van der Waals surface area contributed by atoms with Gasteiger partial charge in [-0.25, -0.2) is 4.79 Å². The van der Waals surface area contributed by atoms with E-state index in [1.165, 1.54) is 0 Å². The third-order valence-electron chi connectivity index (χ3n) is 6.36. The van der Waals surface area contributed by atoms with Crippen molar-refractivity contribution >= 4 is 22.5 Å². The highest BCUT2D eigenvalue weighted by molar-refractivity contribution is 5.97. The van der Waals surface area contributed by atoms with Crippen molar-refractivity contribution < 1.29 is 14.3 Å². The van der Waals surface area contributed by atoms with Gasteiger partial charge in [-0.2, -0.15) is 0 Å². The van der Waals surface area contributed by atoms with E-state index in [4.69, 9.17) is 4.74 Å². The molecule has 2 aliphatic rings. The minimum Gasteiger partial charge on any atom is -0.463 e. The molecule has 0 aromatic heterocycles. The highest BCUT2D eigenvalue weighted by Crippen LogP contribution is 2.49. The van der Waals surface area contributed by atoms with E-state index >= 15 is 0 Å². The Balaban J connectivity index is 1.93. The van der Waals surface area contributed by atoms with Gasteiger partial charge in [-0.3, -0.25) is 4.79 Å². The minimum atomic E-state index is -0.327. The molecule has 0 bridgehead atoms. The van der Waals surface area contributed by atoms with Crippen LogP contribution in [-0.4, -0.2) is 24.4 Å². The number of rotatable bonds is 3. The Morgan fingerprint density at radius 2 is 1.90 bits per heavy atom. The maximum Gasteiger partial charge on any atom is 0.336 e. The van der Waals surface area contributed by atoms with Crippen LogP contribution >= 0.6 is 0 Å². The molecule has 2 aromatic rings. The van der Waals surface area contributed by atoms with Crippen LogP contribution in [0.15, 0.2) is 53.7 Å². The lowest BCUT2D eigenvalue weighted by Gasteiger charge is -2.47. The van der Waals surface area contributed by atoms with Crippen molar-refractivity contribution in [3.05, 3.63) is 59.3 Å². The van der Waals surface area contributed by atoms with Gasteiger partial charge in [0.05, 0.1) is 12.2 Å². The van der Waals surface area contributed by atoms with E-state index in [2.05, 4.69) is 43.4 Å². The van der Waals surface area contributed by atoms with Crippen molar-refractivity contribution in [3.8, 4) is 0 Å². The fourth-order valence-electron chi connectivity index (χ4n) is 5.30. The zero-order valence-corrected chi connectivity index (χ0v) is 17.6. The zero-order chi connectivity index (χ0) is 20.8. The van der Waals surface area contributed by atoms with Crippen LogP contribution in [0.25, 0.3) is 10.8 Å². The Kier molecular flexibility index (Phi) is 4.97. The third-order valence-corrected chi connectivity index (χ3v) is 6.36. The Morgan fingerprint density at radius 3 is 2.66 bits per heavy atom. The SMILES string of the molecule is CCOC(=O)C1=C(C)N[C@@H]2CC(C)(C)CC(=O)[C@H]2[C@H]1c1cccc2ccccc12. The van der Waals surface area contributed by atoms with Gasteiger partial charge < -0.3 is 10.1 Å². The van der Waals surface area contributed by atoms with E-state index in [9.17, 15) is 9.59 Å². The number of fused-ring (bicyclic) bond motifs is 2. The van der Waals surface area contributed by atoms with E-state index in [0.717, 1.165) is 28.5 Å². The average molecular weight is 392 g/mol. The van der Waals surface area contributed by atoms with Crippen LogP contribution in [0.4, 0.5) is 0 Å². The van der Waals surface area contributed by atoms with Crippen LogP contribution in [0, 0.1) is 11.3 Å². The number of esters is 1. The topological polar surface area (TPSA) is 55.4 Å². The molecule has 1 aliphatic heterocycles. The highest BCUT2D eigenvalue weighted by atomic mass is 16.5. The zero-order valence-electron chi connectivity index (χ0n) is 17.6. The van der Waals surface area contributed by atoms with Gasteiger partial charge in [0.25, 0.3) is 0 Å². The van der Waals surface area contributed by atoms with Crippen LogP contribution < -0.4 is 5.32 Å². The number of ether oxygens (including phenoxy) is 1. The lowest BCUT2D eigenvalue weighted by atomic mass is 9.61. The molecule has 1 N–H and O–H groups in total. The minimum absolute atomic E-state index is 0.0217. The standard InChI is InChI=1S/C25H29NO3/c1-5-29-24(28)21-15(2)26-19-13-25(3,4)14-20(27)23(19)22(21)18-12-8-10-16-9-6-7-11-17(16)18/h6-12,19,22-23,26H,5,13-14H2,1-4H3/t19-,22+,23+/m1/s1. The predicted molar refractivity (Wildman–Crippen MR) is 114 cm³/mol. The van der Waals surface area contributed by atoms with Crippen molar-refractivity contribution in [1.82, 2.24) is 5.32 Å². The summed E-state index contributed by atoms with van der Waals surface area (Å²) in [5, 5.41) is 5.71. The molecule has 4 nitrogen and oxygen atoms in total. The monoisotopic (exact) mass is 391 g/mol. The molecular weight excluding hydrogens is 362 g/mol. The summed E-state index contributed by atoms with van der Waals surface area (Å²) in [7, 11) is 0. The number of carbonyl (C=O) groups is 2. The first-order valence-electron chi connectivity index (χ1n) is 10.5. The number of benzene rings is 2. The second-order valence-corrected chi connectivity index (χ2v) is 9.09. The molecule has 1 fully saturated rings. The maximum atomic E-state index is 13.4. The summed E-state index contributed by atoms with van der Waals surface area (Å²) in [6, 6.07) is 14.4. The van der Waals surface area contributed by atoms with Gasteiger partial charge in [0.2, 0.25) is 0 Å². The normalized spacial score (nSPS) is 26.1. The van der Waals surface area contributed by atoms with Crippen molar-refractivity contribution in [2.24, 2.45) is 11.3 Å². The summed E-state index contributed by atoms with van der Waals surface area (Å²) in [6.45, 7) is 8.36. The van der Waals surface area contributed by atoms with Gasteiger partial charge in [0, 0.05) is 30.0 Å². The van der Waals surface area contributed by atoms with Gasteiger partial charge >= 0.3 is 5.97 Å². The summed E-state index contributed by atoms with van der Waals surface area (Å²) >= 11 is 0. The van der Waals surface area contributed by atoms with E-state index in [0.29, 0.717) is 18.6 Å². The van der Waals surface area contributed by atoms with Crippen molar-refractivity contribution in [1.29, 1.82) is 0 Å². The molecule has 0 radical (unpaired) electrons. The fraction of sp³-hybridized carbons (Fsp3) is 0.440. The van der Waals surface area contributed by atoms with Crippen LogP contribution in [0.5, 0.6) is 0 Å². The Morgan fingerprint density at radius 1 is 1.17 bits per heavy atom. The molecule has 0 saturated heterocycles. The van der Waals surface area contributed by atoms with Crippen LogP contribution in [0.1, 0.15) is 52.0 Å². The Labute approximate surface area is 172 Å². The predicted octanol–water partition coefficient (Wildman–Crippen LogP) is 4.74. The number of ketones is 1. The fourth-order valence-corrected chi connectivity index (χ4v) is 5.30. The summed E-state index contributed by atoms with van der Waals surface area (Å²) in [5.41, 5.74) is 2.41. The number of carbonyl (C=O) groups excluding carboxylic acids is 2. The van der Waals surface area contributed by atoms with Gasteiger partial charge in [0.15, 0.2) is 0 Å². The first-order chi connectivity index (χ1) is 13.8. The summed E-state index contributed by atoms with van der Waals surface area (Å²) in [6.07, 6.45) is 1.43. The van der Waals surface area contributed by atoms with E-state index in [-0.39, 0.29) is 35.0 Å². The Hall–Kier alpha value is -2.62. The van der Waals surface area contributed by atoms with Crippen LogP contribution in [0.3, 0.4) is 0 Å². The summed E-state index contributed by atoms with van der Waals surface area (Å²) in [4.78, 5) is 26.4. The number of allylic oxidation sites excluding steroid dienone is 1. The van der Waals surface area contributed by atoms with E-state index in [1.54, 1.807) is 0 Å². The van der Waals surface area contributed by atoms with Gasteiger partial charge in [-0.15, -0.1) is 0 Å². The van der Waals surface area contributed by atoms with E-state index < -0.39 is 0 Å². The molecule has 29 heavy (non-hydrogen) atoms. The number of hydrogen-bond acceptors (Lipinski definition) is 4. The number of hydrogen-bond donors (Lipinski definition) is 1. The van der Waals surface area contributed by atoms with Crippen molar-refractivity contribution in [2.75, 3.05) is 6.61 Å². The van der Waals surface area contributed by atoms with Gasteiger partial charge in [-0.1, -0.05) is 56.3 Å². The summed E-state index contributed by atoms with van der Waals surface area (Å²) < 4.78 is 5.42. The molecular formula is C25H29NO3. The largest absolute Gasteiger partial charge is 0.463 e. The molecule has 0 unspecified atom stereocenters. The molecule has 0 spiro atoms. The average Bonchev–Trinajstić information content (AvgIpc) is 2.65. The first-order valence-corrected chi connectivity index (χ1v) is 10.5. The van der Waals surface area contributed by atoms with Crippen molar-refractivity contribution in [2.45, 2.75) is 52.5 Å². The molecule has 152 valence electrons. The molecule has 1 aliphatic carbocycles. The molecule has 1 saturated carbocycles. The molecule has 1 heterocycles. The first kappa shape index (κ1) is 19.7. The second-order valence-electron chi connectivity index (χ2n) is 9.09. The quantitative estimate of drug-likeness (QED) is 0.768. The van der Waals surface area contributed by atoms with Gasteiger partial charge in [-0.05, 0) is 42.0 Å². The van der Waals surface area contributed by atoms with E-state index in [1.807, 2.05) is 32.0 Å². The summed E-state index contributed by atoms with van der Waals surface area (Å²) in [5.74, 6) is -0.663.